The largest absolute Gasteiger partial charge is 0.278 e. The summed E-state index contributed by atoms with van der Waals surface area (Å²) in [6, 6.07) is 10.4. The van der Waals surface area contributed by atoms with Gasteiger partial charge in [0.25, 0.3) is 5.56 Å². The third kappa shape index (κ3) is 2.88. The molecule has 3 aromatic rings. The number of aryl methyl sites for hydroxylation is 3. The smallest absolute Gasteiger partial charge is 0.267 e. The molecule has 2 aromatic heterocycles. The molecule has 2 heterocycles. The van der Waals surface area contributed by atoms with E-state index < -0.39 is 0 Å². The van der Waals surface area contributed by atoms with Gasteiger partial charge in [-0.3, -0.25) is 4.79 Å². The molecule has 0 unspecified atom stereocenters. The lowest BCUT2D eigenvalue weighted by molar-refractivity contribution is 0.507. The van der Waals surface area contributed by atoms with Crippen molar-refractivity contribution in [3.8, 4) is 0 Å². The van der Waals surface area contributed by atoms with E-state index in [1.54, 1.807) is 16.0 Å². The van der Waals surface area contributed by atoms with Crippen molar-refractivity contribution in [2.45, 2.75) is 45.6 Å². The van der Waals surface area contributed by atoms with E-state index in [1.165, 1.54) is 16.0 Å². The standard InChI is InChI=1S/C19H21N3OS/c1-13-9-10-15-16(12-13)24-18-17(15)19(23)22(21-20-18)11-5-8-14-6-3-2-4-7-14/h2-4,6-7,13H,5,8-12H2,1H3/t13-/m0/s1. The van der Waals surface area contributed by atoms with Crippen molar-refractivity contribution in [2.24, 2.45) is 5.92 Å². The fraction of sp³-hybridized carbons (Fsp3) is 0.421. The normalized spacial score (nSPS) is 17.1. The van der Waals surface area contributed by atoms with E-state index in [2.05, 4.69) is 29.4 Å². The average Bonchev–Trinajstić information content (AvgIpc) is 2.96. The lowest BCUT2D eigenvalue weighted by atomic mass is 9.89. The molecule has 4 rings (SSSR count). The van der Waals surface area contributed by atoms with Crippen LogP contribution in [0.4, 0.5) is 0 Å². The minimum absolute atomic E-state index is 0.0418. The summed E-state index contributed by atoms with van der Waals surface area (Å²) in [4.78, 5) is 15.0. The fourth-order valence-corrected chi connectivity index (χ4v) is 4.83. The topological polar surface area (TPSA) is 47.8 Å². The van der Waals surface area contributed by atoms with E-state index >= 15 is 0 Å². The van der Waals surface area contributed by atoms with Crippen molar-refractivity contribution < 1.29 is 0 Å². The Kier molecular flexibility index (Phi) is 4.19. The van der Waals surface area contributed by atoms with Gasteiger partial charge >= 0.3 is 0 Å². The highest BCUT2D eigenvalue weighted by Crippen LogP contribution is 2.35. The Morgan fingerprint density at radius 3 is 2.96 bits per heavy atom. The molecule has 5 heteroatoms. The number of hydrogen-bond donors (Lipinski definition) is 0. The first-order valence-corrected chi connectivity index (χ1v) is 9.46. The van der Waals surface area contributed by atoms with Gasteiger partial charge in [-0.25, -0.2) is 4.68 Å². The molecule has 1 aromatic carbocycles. The number of benzene rings is 1. The molecule has 24 heavy (non-hydrogen) atoms. The van der Waals surface area contributed by atoms with Gasteiger partial charge in [0.1, 0.15) is 0 Å². The molecule has 1 aliphatic carbocycles. The molecular weight excluding hydrogens is 318 g/mol. The molecule has 0 fully saturated rings. The number of rotatable bonds is 4. The number of hydrogen-bond acceptors (Lipinski definition) is 4. The second-order valence-electron chi connectivity index (χ2n) is 6.74. The molecule has 0 amide bonds. The second-order valence-corrected chi connectivity index (χ2v) is 7.82. The van der Waals surface area contributed by atoms with Crippen LogP contribution in [0.3, 0.4) is 0 Å². The molecule has 0 bridgehead atoms. The molecule has 1 atom stereocenters. The lowest BCUT2D eigenvalue weighted by Crippen LogP contribution is -2.25. The first-order valence-electron chi connectivity index (χ1n) is 8.64. The Labute approximate surface area is 145 Å². The van der Waals surface area contributed by atoms with Crippen LogP contribution in [0.25, 0.3) is 10.2 Å². The van der Waals surface area contributed by atoms with Gasteiger partial charge in [0, 0.05) is 11.4 Å². The lowest BCUT2D eigenvalue weighted by Gasteiger charge is -2.17. The first-order chi connectivity index (χ1) is 11.7. The number of fused-ring (bicyclic) bond motifs is 3. The van der Waals surface area contributed by atoms with Crippen LogP contribution in [0, 0.1) is 5.92 Å². The van der Waals surface area contributed by atoms with Gasteiger partial charge in [-0.05, 0) is 49.1 Å². The highest BCUT2D eigenvalue weighted by molar-refractivity contribution is 7.18. The van der Waals surface area contributed by atoms with Gasteiger partial charge in [-0.15, -0.1) is 16.4 Å². The third-order valence-corrected chi connectivity index (χ3v) is 6.00. The van der Waals surface area contributed by atoms with Gasteiger partial charge in [-0.1, -0.05) is 42.5 Å². The Hall–Kier alpha value is -2.01. The van der Waals surface area contributed by atoms with Crippen molar-refractivity contribution >= 4 is 21.6 Å². The average molecular weight is 339 g/mol. The number of aromatic nitrogens is 3. The maximum atomic E-state index is 12.9. The van der Waals surface area contributed by atoms with Crippen molar-refractivity contribution in [2.75, 3.05) is 0 Å². The van der Waals surface area contributed by atoms with Crippen LogP contribution in [0.5, 0.6) is 0 Å². The maximum Gasteiger partial charge on any atom is 0.278 e. The minimum Gasteiger partial charge on any atom is -0.267 e. The van der Waals surface area contributed by atoms with Crippen LogP contribution in [0.2, 0.25) is 0 Å². The fourth-order valence-electron chi connectivity index (χ4n) is 3.52. The summed E-state index contributed by atoms with van der Waals surface area (Å²) in [6.07, 6.45) is 5.08. The SMILES string of the molecule is C[C@H]1CCc2c(sc3nnn(CCCc4ccccc4)c(=O)c23)C1. The maximum absolute atomic E-state index is 12.9. The summed E-state index contributed by atoms with van der Waals surface area (Å²) in [5, 5.41) is 9.32. The molecule has 0 saturated heterocycles. The van der Waals surface area contributed by atoms with Gasteiger partial charge in [-0.2, -0.15) is 0 Å². The van der Waals surface area contributed by atoms with Gasteiger partial charge in [0.15, 0.2) is 4.83 Å². The van der Waals surface area contributed by atoms with Crippen LogP contribution < -0.4 is 5.56 Å². The molecule has 0 aliphatic heterocycles. The van der Waals surface area contributed by atoms with Crippen molar-refractivity contribution in [3.05, 3.63) is 56.7 Å². The summed E-state index contributed by atoms with van der Waals surface area (Å²) >= 11 is 1.66. The van der Waals surface area contributed by atoms with Crippen LogP contribution in [-0.2, 0) is 25.8 Å². The molecule has 124 valence electrons. The Morgan fingerprint density at radius 2 is 2.12 bits per heavy atom. The van der Waals surface area contributed by atoms with E-state index in [0.717, 1.165) is 42.3 Å². The summed E-state index contributed by atoms with van der Waals surface area (Å²) < 4.78 is 1.55. The van der Waals surface area contributed by atoms with Crippen LogP contribution in [-0.4, -0.2) is 15.0 Å². The van der Waals surface area contributed by atoms with Crippen LogP contribution >= 0.6 is 11.3 Å². The first kappa shape index (κ1) is 15.5. The van der Waals surface area contributed by atoms with Crippen LogP contribution in [0.1, 0.15) is 35.8 Å². The summed E-state index contributed by atoms with van der Waals surface area (Å²) in [5.41, 5.74) is 2.58. The van der Waals surface area contributed by atoms with E-state index in [4.69, 9.17) is 0 Å². The number of thiophene rings is 1. The molecule has 0 radical (unpaired) electrons. The van der Waals surface area contributed by atoms with Crippen molar-refractivity contribution in [1.29, 1.82) is 0 Å². The summed E-state index contributed by atoms with van der Waals surface area (Å²) in [5.74, 6) is 0.701. The molecule has 1 aliphatic rings. The molecule has 0 saturated carbocycles. The monoisotopic (exact) mass is 339 g/mol. The zero-order valence-corrected chi connectivity index (χ0v) is 14.7. The third-order valence-electron chi connectivity index (χ3n) is 4.86. The Balaban J connectivity index is 1.58. The van der Waals surface area contributed by atoms with E-state index in [1.807, 2.05) is 18.2 Å². The van der Waals surface area contributed by atoms with Gasteiger partial charge in [0.2, 0.25) is 0 Å². The minimum atomic E-state index is 0.0418. The van der Waals surface area contributed by atoms with E-state index in [0.29, 0.717) is 12.5 Å². The molecular formula is C19H21N3OS. The zero-order valence-electron chi connectivity index (χ0n) is 13.9. The Morgan fingerprint density at radius 1 is 1.29 bits per heavy atom. The predicted molar refractivity (Wildman–Crippen MR) is 97.6 cm³/mol. The van der Waals surface area contributed by atoms with E-state index in [-0.39, 0.29) is 5.56 Å². The highest BCUT2D eigenvalue weighted by atomic mass is 32.1. The quantitative estimate of drug-likeness (QED) is 0.729. The van der Waals surface area contributed by atoms with Crippen LogP contribution in [0.15, 0.2) is 35.1 Å². The predicted octanol–water partition coefficient (Wildman–Crippen LogP) is 3.61. The van der Waals surface area contributed by atoms with E-state index in [9.17, 15) is 4.79 Å². The molecule has 0 spiro atoms. The van der Waals surface area contributed by atoms with Gasteiger partial charge < -0.3 is 0 Å². The molecule has 0 N–H and O–H groups in total. The second kappa shape index (κ2) is 6.48. The zero-order chi connectivity index (χ0) is 16.5. The van der Waals surface area contributed by atoms with Crippen molar-refractivity contribution in [3.63, 3.8) is 0 Å². The summed E-state index contributed by atoms with van der Waals surface area (Å²) in [7, 11) is 0. The van der Waals surface area contributed by atoms with Gasteiger partial charge in [0.05, 0.1) is 5.39 Å². The number of nitrogens with zero attached hydrogens (tertiary/aromatic N) is 3. The molecule has 4 nitrogen and oxygen atoms in total. The summed E-state index contributed by atoms with van der Waals surface area (Å²) in [6.45, 7) is 2.90. The highest BCUT2D eigenvalue weighted by Gasteiger charge is 2.23. The Bertz CT molecular complexity index is 914. The van der Waals surface area contributed by atoms with Crippen molar-refractivity contribution in [1.82, 2.24) is 15.0 Å².